The summed E-state index contributed by atoms with van der Waals surface area (Å²) in [5.74, 6) is 0.446. The average Bonchev–Trinajstić information content (AvgIpc) is 2.37. The van der Waals surface area contributed by atoms with Crippen molar-refractivity contribution in [2.75, 3.05) is 13.1 Å². The van der Waals surface area contributed by atoms with Crippen molar-refractivity contribution in [2.24, 2.45) is 11.3 Å². The van der Waals surface area contributed by atoms with Gasteiger partial charge in [-0.1, -0.05) is 45.9 Å². The SMILES string of the molecule is CCCNCC(CCC(C)(C)C)Cc1ccccc1F. The lowest BCUT2D eigenvalue weighted by Crippen LogP contribution is -2.26. The highest BCUT2D eigenvalue weighted by atomic mass is 19.1. The Bertz CT molecular complexity index is 381. The van der Waals surface area contributed by atoms with Gasteiger partial charge in [0.1, 0.15) is 5.82 Å². The van der Waals surface area contributed by atoms with Crippen LogP contribution in [0, 0.1) is 17.2 Å². The van der Waals surface area contributed by atoms with Crippen molar-refractivity contribution < 1.29 is 4.39 Å². The molecular weight excluding hydrogens is 249 g/mol. The summed E-state index contributed by atoms with van der Waals surface area (Å²) in [5.41, 5.74) is 1.20. The maximum absolute atomic E-state index is 13.8. The Hall–Kier alpha value is -0.890. The van der Waals surface area contributed by atoms with Crippen LogP contribution in [0.5, 0.6) is 0 Å². The van der Waals surface area contributed by atoms with E-state index in [0.29, 0.717) is 11.3 Å². The molecule has 0 saturated carbocycles. The molecule has 0 saturated heterocycles. The van der Waals surface area contributed by atoms with Crippen molar-refractivity contribution >= 4 is 0 Å². The first kappa shape index (κ1) is 17.2. The molecule has 1 aromatic rings. The van der Waals surface area contributed by atoms with E-state index in [1.807, 2.05) is 12.1 Å². The molecule has 1 N–H and O–H groups in total. The summed E-state index contributed by atoms with van der Waals surface area (Å²) >= 11 is 0. The molecular formula is C18H30FN. The maximum atomic E-state index is 13.8. The highest BCUT2D eigenvalue weighted by Gasteiger charge is 2.17. The minimum Gasteiger partial charge on any atom is -0.316 e. The lowest BCUT2D eigenvalue weighted by atomic mass is 9.84. The fourth-order valence-corrected chi connectivity index (χ4v) is 2.37. The van der Waals surface area contributed by atoms with Crippen LogP contribution in [-0.2, 0) is 6.42 Å². The van der Waals surface area contributed by atoms with E-state index in [1.165, 1.54) is 6.42 Å². The molecule has 0 aliphatic carbocycles. The summed E-state index contributed by atoms with van der Waals surface area (Å²) in [6, 6.07) is 7.17. The van der Waals surface area contributed by atoms with Crippen molar-refractivity contribution in [3.63, 3.8) is 0 Å². The van der Waals surface area contributed by atoms with Gasteiger partial charge < -0.3 is 5.32 Å². The van der Waals surface area contributed by atoms with Crippen molar-refractivity contribution in [1.29, 1.82) is 0 Å². The minimum absolute atomic E-state index is 0.0660. The fourth-order valence-electron chi connectivity index (χ4n) is 2.37. The predicted molar refractivity (Wildman–Crippen MR) is 85.4 cm³/mol. The van der Waals surface area contributed by atoms with Gasteiger partial charge in [-0.15, -0.1) is 0 Å². The Morgan fingerprint density at radius 3 is 2.50 bits per heavy atom. The van der Waals surface area contributed by atoms with Gasteiger partial charge in [-0.05, 0) is 61.7 Å². The average molecular weight is 279 g/mol. The monoisotopic (exact) mass is 279 g/mol. The van der Waals surface area contributed by atoms with Crippen molar-refractivity contribution in [1.82, 2.24) is 5.32 Å². The van der Waals surface area contributed by atoms with Gasteiger partial charge in [0.2, 0.25) is 0 Å². The summed E-state index contributed by atoms with van der Waals surface area (Å²) in [7, 11) is 0. The van der Waals surface area contributed by atoms with E-state index in [9.17, 15) is 4.39 Å². The predicted octanol–water partition coefficient (Wildman–Crippen LogP) is 4.81. The van der Waals surface area contributed by atoms with Crippen molar-refractivity contribution in [3.8, 4) is 0 Å². The lowest BCUT2D eigenvalue weighted by molar-refractivity contribution is 0.312. The third-order valence-electron chi connectivity index (χ3n) is 3.63. The summed E-state index contributed by atoms with van der Waals surface area (Å²) in [4.78, 5) is 0. The molecule has 0 heterocycles. The highest BCUT2D eigenvalue weighted by molar-refractivity contribution is 5.17. The smallest absolute Gasteiger partial charge is 0.126 e. The molecule has 2 heteroatoms. The van der Waals surface area contributed by atoms with E-state index in [0.717, 1.165) is 37.9 Å². The van der Waals surface area contributed by atoms with Crippen LogP contribution in [0.2, 0.25) is 0 Å². The molecule has 0 amide bonds. The van der Waals surface area contributed by atoms with Crippen LogP contribution in [0.25, 0.3) is 0 Å². The quantitative estimate of drug-likeness (QED) is 0.673. The number of rotatable bonds is 8. The van der Waals surface area contributed by atoms with Gasteiger partial charge in [0, 0.05) is 0 Å². The zero-order valence-corrected chi connectivity index (χ0v) is 13.5. The third kappa shape index (κ3) is 7.04. The molecule has 0 radical (unpaired) electrons. The van der Waals surface area contributed by atoms with Gasteiger partial charge in [0.25, 0.3) is 0 Å². The molecule has 0 bridgehead atoms. The van der Waals surface area contributed by atoms with Gasteiger partial charge in [0.15, 0.2) is 0 Å². The normalized spacial score (nSPS) is 13.4. The molecule has 1 unspecified atom stereocenters. The number of halogens is 1. The van der Waals surface area contributed by atoms with Gasteiger partial charge in [-0.2, -0.15) is 0 Å². The number of hydrogen-bond acceptors (Lipinski definition) is 1. The second-order valence-corrected chi connectivity index (χ2v) is 6.97. The Kier molecular flexibility index (Phi) is 7.22. The Labute approximate surface area is 124 Å². The van der Waals surface area contributed by atoms with Crippen LogP contribution in [0.4, 0.5) is 4.39 Å². The molecule has 0 aromatic heterocycles. The van der Waals surface area contributed by atoms with E-state index in [4.69, 9.17) is 0 Å². The lowest BCUT2D eigenvalue weighted by Gasteiger charge is -2.24. The van der Waals surface area contributed by atoms with E-state index < -0.39 is 0 Å². The van der Waals surface area contributed by atoms with E-state index in [-0.39, 0.29) is 5.82 Å². The molecule has 0 aliphatic heterocycles. The van der Waals surface area contributed by atoms with Gasteiger partial charge in [-0.25, -0.2) is 4.39 Å². The first-order valence-corrected chi connectivity index (χ1v) is 7.86. The molecule has 0 aliphatic rings. The topological polar surface area (TPSA) is 12.0 Å². The molecule has 1 atom stereocenters. The molecule has 20 heavy (non-hydrogen) atoms. The van der Waals surface area contributed by atoms with E-state index in [1.54, 1.807) is 12.1 Å². The van der Waals surface area contributed by atoms with Gasteiger partial charge >= 0.3 is 0 Å². The summed E-state index contributed by atoms with van der Waals surface area (Å²) in [6.07, 6.45) is 4.31. The molecule has 1 nitrogen and oxygen atoms in total. The highest BCUT2D eigenvalue weighted by Crippen LogP contribution is 2.25. The summed E-state index contributed by atoms with van der Waals surface area (Å²) in [5, 5.41) is 3.49. The van der Waals surface area contributed by atoms with Crippen LogP contribution in [-0.4, -0.2) is 13.1 Å². The van der Waals surface area contributed by atoms with Gasteiger partial charge in [-0.3, -0.25) is 0 Å². The molecule has 0 spiro atoms. The molecule has 114 valence electrons. The molecule has 0 fully saturated rings. The van der Waals surface area contributed by atoms with E-state index in [2.05, 4.69) is 33.0 Å². The van der Waals surface area contributed by atoms with Gasteiger partial charge in [0.05, 0.1) is 0 Å². The van der Waals surface area contributed by atoms with E-state index >= 15 is 0 Å². The largest absolute Gasteiger partial charge is 0.316 e. The van der Waals surface area contributed by atoms with Crippen LogP contribution < -0.4 is 5.32 Å². The zero-order chi connectivity index (χ0) is 15.0. The maximum Gasteiger partial charge on any atom is 0.126 e. The van der Waals surface area contributed by atoms with Crippen molar-refractivity contribution in [2.45, 2.75) is 53.4 Å². The Balaban J connectivity index is 2.59. The minimum atomic E-state index is -0.0660. The van der Waals surface area contributed by atoms with Crippen LogP contribution in [0.15, 0.2) is 24.3 Å². The summed E-state index contributed by atoms with van der Waals surface area (Å²) < 4.78 is 13.8. The molecule has 1 rings (SSSR count). The van der Waals surface area contributed by atoms with Crippen LogP contribution >= 0.6 is 0 Å². The Morgan fingerprint density at radius 1 is 1.20 bits per heavy atom. The number of hydrogen-bond donors (Lipinski definition) is 1. The second-order valence-electron chi connectivity index (χ2n) is 6.97. The number of benzene rings is 1. The number of nitrogens with one attached hydrogen (secondary N) is 1. The first-order chi connectivity index (χ1) is 9.42. The second kappa shape index (κ2) is 8.41. The fraction of sp³-hybridized carbons (Fsp3) is 0.667. The van der Waals surface area contributed by atoms with Crippen LogP contribution in [0.1, 0.15) is 52.5 Å². The third-order valence-corrected chi connectivity index (χ3v) is 3.63. The van der Waals surface area contributed by atoms with Crippen molar-refractivity contribution in [3.05, 3.63) is 35.6 Å². The summed E-state index contributed by atoms with van der Waals surface area (Å²) in [6.45, 7) is 11.0. The Morgan fingerprint density at radius 2 is 1.90 bits per heavy atom. The van der Waals surface area contributed by atoms with Crippen LogP contribution in [0.3, 0.4) is 0 Å². The standard InChI is InChI=1S/C18H30FN/c1-5-12-20-14-15(10-11-18(2,3)4)13-16-8-6-7-9-17(16)19/h6-9,15,20H,5,10-14H2,1-4H3. The first-order valence-electron chi connectivity index (χ1n) is 7.86. The zero-order valence-electron chi connectivity index (χ0n) is 13.5. The molecule has 1 aromatic carbocycles.